The molecule has 5 heteroatoms. The van der Waals surface area contributed by atoms with Gasteiger partial charge in [-0.2, -0.15) is 0 Å². The van der Waals surface area contributed by atoms with Crippen LogP contribution in [0.3, 0.4) is 0 Å². The van der Waals surface area contributed by atoms with E-state index in [1.165, 1.54) is 0 Å². The van der Waals surface area contributed by atoms with Gasteiger partial charge >= 0.3 is 0 Å². The van der Waals surface area contributed by atoms with Gasteiger partial charge in [0.2, 0.25) is 5.91 Å². The predicted octanol–water partition coefficient (Wildman–Crippen LogP) is 1.55. The van der Waals surface area contributed by atoms with Crippen molar-refractivity contribution >= 4 is 17.2 Å². The van der Waals surface area contributed by atoms with Crippen molar-refractivity contribution in [1.82, 2.24) is 15.2 Å². The fraction of sp³-hybridized carbons (Fsp3) is 0.667. The first-order valence-corrected chi connectivity index (χ1v) is 6.95. The zero-order valence-corrected chi connectivity index (χ0v) is 11.2. The number of carbonyl (C=O) groups is 1. The van der Waals surface area contributed by atoms with E-state index in [2.05, 4.69) is 22.6 Å². The third-order valence-corrected chi connectivity index (χ3v) is 3.90. The fourth-order valence-corrected chi connectivity index (χ4v) is 2.76. The Labute approximate surface area is 106 Å². The number of likely N-dealkylation sites (tertiary alicyclic amines) is 1. The molecule has 1 amide bonds. The Kier molecular flexibility index (Phi) is 4.12. The second-order valence-corrected chi connectivity index (χ2v) is 5.55. The summed E-state index contributed by atoms with van der Waals surface area (Å²) in [5.74, 6) is 0.295. The van der Waals surface area contributed by atoms with Crippen molar-refractivity contribution in [2.45, 2.75) is 39.3 Å². The van der Waals surface area contributed by atoms with E-state index in [4.69, 9.17) is 0 Å². The molecule has 94 valence electrons. The highest BCUT2D eigenvalue weighted by Crippen LogP contribution is 2.11. The molecule has 0 spiro atoms. The summed E-state index contributed by atoms with van der Waals surface area (Å²) in [6.45, 7) is 6.64. The minimum absolute atomic E-state index is 0.295. The van der Waals surface area contributed by atoms with E-state index in [0.29, 0.717) is 11.9 Å². The molecule has 17 heavy (non-hydrogen) atoms. The quantitative estimate of drug-likeness (QED) is 0.866. The van der Waals surface area contributed by atoms with Gasteiger partial charge in [0.1, 0.15) is 5.01 Å². The van der Waals surface area contributed by atoms with Gasteiger partial charge in [-0.25, -0.2) is 4.98 Å². The Bertz CT molecular complexity index is 391. The Morgan fingerprint density at radius 3 is 3.06 bits per heavy atom. The standard InChI is InChI=1S/C12H19N3OS/c1-9(7-15-5-3-4-12(15)16)13-6-11-14-10(2)8-17-11/h8-9,13H,3-7H2,1-2H3. The maximum Gasteiger partial charge on any atom is 0.222 e. The zero-order valence-electron chi connectivity index (χ0n) is 10.4. The third-order valence-electron chi connectivity index (χ3n) is 2.93. The molecular formula is C12H19N3OS. The SMILES string of the molecule is Cc1csc(CNC(C)CN2CCCC2=O)n1. The summed E-state index contributed by atoms with van der Waals surface area (Å²) in [6.07, 6.45) is 1.73. The molecule has 1 aliphatic rings. The number of aromatic nitrogens is 1. The number of hydrogen-bond donors (Lipinski definition) is 1. The van der Waals surface area contributed by atoms with Crippen LogP contribution in [0.2, 0.25) is 0 Å². The van der Waals surface area contributed by atoms with Crippen molar-refractivity contribution < 1.29 is 4.79 Å². The van der Waals surface area contributed by atoms with Crippen molar-refractivity contribution in [3.8, 4) is 0 Å². The molecule has 1 saturated heterocycles. The first-order chi connectivity index (χ1) is 8.15. The first kappa shape index (κ1) is 12.5. The van der Waals surface area contributed by atoms with E-state index in [0.717, 1.165) is 43.2 Å². The molecule has 2 rings (SSSR count). The van der Waals surface area contributed by atoms with E-state index in [1.54, 1.807) is 11.3 Å². The second-order valence-electron chi connectivity index (χ2n) is 4.61. The zero-order chi connectivity index (χ0) is 12.3. The van der Waals surface area contributed by atoms with Gasteiger partial charge in [-0.3, -0.25) is 4.79 Å². The molecule has 0 bridgehead atoms. The van der Waals surface area contributed by atoms with Gasteiger partial charge in [0.05, 0.1) is 0 Å². The minimum atomic E-state index is 0.295. The molecule has 1 N–H and O–H groups in total. The van der Waals surface area contributed by atoms with E-state index in [9.17, 15) is 4.79 Å². The fourth-order valence-electron chi connectivity index (χ4n) is 2.04. The number of nitrogens with one attached hydrogen (secondary N) is 1. The molecule has 4 nitrogen and oxygen atoms in total. The Morgan fingerprint density at radius 2 is 2.47 bits per heavy atom. The van der Waals surface area contributed by atoms with E-state index in [1.807, 2.05) is 11.8 Å². The lowest BCUT2D eigenvalue weighted by atomic mass is 10.3. The summed E-state index contributed by atoms with van der Waals surface area (Å²) in [4.78, 5) is 17.8. The number of thiazole rings is 1. The van der Waals surface area contributed by atoms with Crippen LogP contribution in [0.15, 0.2) is 5.38 Å². The molecule has 2 heterocycles. The van der Waals surface area contributed by atoms with Gasteiger partial charge in [-0.15, -0.1) is 11.3 Å². The van der Waals surface area contributed by atoms with Gasteiger partial charge in [-0.05, 0) is 20.3 Å². The first-order valence-electron chi connectivity index (χ1n) is 6.07. The minimum Gasteiger partial charge on any atom is -0.341 e. The molecule has 1 aromatic heterocycles. The average Bonchev–Trinajstić information content (AvgIpc) is 2.86. The Morgan fingerprint density at radius 1 is 1.65 bits per heavy atom. The topological polar surface area (TPSA) is 45.2 Å². The highest BCUT2D eigenvalue weighted by atomic mass is 32.1. The van der Waals surface area contributed by atoms with E-state index >= 15 is 0 Å². The summed E-state index contributed by atoms with van der Waals surface area (Å²) in [5, 5.41) is 6.59. The smallest absolute Gasteiger partial charge is 0.222 e. The number of carbonyl (C=O) groups excluding carboxylic acids is 1. The predicted molar refractivity (Wildman–Crippen MR) is 69.0 cm³/mol. The van der Waals surface area contributed by atoms with Gasteiger partial charge in [0.25, 0.3) is 0 Å². The molecule has 1 unspecified atom stereocenters. The third kappa shape index (κ3) is 3.51. The monoisotopic (exact) mass is 253 g/mol. The Balaban J connectivity index is 1.73. The summed E-state index contributed by atoms with van der Waals surface area (Å²) < 4.78 is 0. The largest absolute Gasteiger partial charge is 0.341 e. The number of amides is 1. The van der Waals surface area contributed by atoms with Gasteiger partial charge < -0.3 is 10.2 Å². The van der Waals surface area contributed by atoms with Crippen LogP contribution < -0.4 is 5.32 Å². The van der Waals surface area contributed by atoms with Gasteiger partial charge in [-0.1, -0.05) is 0 Å². The molecule has 1 aliphatic heterocycles. The molecule has 1 atom stereocenters. The average molecular weight is 253 g/mol. The normalized spacial score (nSPS) is 17.8. The Hall–Kier alpha value is -0.940. The van der Waals surface area contributed by atoms with Crippen molar-refractivity contribution in [2.75, 3.05) is 13.1 Å². The molecule has 0 saturated carbocycles. The number of nitrogens with zero attached hydrogens (tertiary/aromatic N) is 2. The number of rotatable bonds is 5. The van der Waals surface area contributed by atoms with Crippen LogP contribution in [-0.2, 0) is 11.3 Å². The maximum atomic E-state index is 11.5. The lowest BCUT2D eigenvalue weighted by Crippen LogP contribution is -2.39. The summed E-state index contributed by atoms with van der Waals surface area (Å²) in [7, 11) is 0. The lowest BCUT2D eigenvalue weighted by Gasteiger charge is -2.21. The molecular weight excluding hydrogens is 234 g/mol. The number of aryl methyl sites for hydroxylation is 1. The molecule has 0 aliphatic carbocycles. The van der Waals surface area contributed by atoms with Crippen molar-refractivity contribution in [2.24, 2.45) is 0 Å². The van der Waals surface area contributed by atoms with Crippen LogP contribution in [0.5, 0.6) is 0 Å². The van der Waals surface area contributed by atoms with E-state index in [-0.39, 0.29) is 0 Å². The highest BCUT2D eigenvalue weighted by Gasteiger charge is 2.21. The van der Waals surface area contributed by atoms with Crippen molar-refractivity contribution in [3.05, 3.63) is 16.1 Å². The highest BCUT2D eigenvalue weighted by molar-refractivity contribution is 7.09. The van der Waals surface area contributed by atoms with Crippen LogP contribution in [-0.4, -0.2) is 34.9 Å². The van der Waals surface area contributed by atoms with Gasteiger partial charge in [0, 0.05) is 43.2 Å². The van der Waals surface area contributed by atoms with E-state index < -0.39 is 0 Å². The van der Waals surface area contributed by atoms with Crippen LogP contribution in [0.1, 0.15) is 30.5 Å². The van der Waals surface area contributed by atoms with Crippen LogP contribution >= 0.6 is 11.3 Å². The number of hydrogen-bond acceptors (Lipinski definition) is 4. The van der Waals surface area contributed by atoms with Gasteiger partial charge in [0.15, 0.2) is 0 Å². The molecule has 0 radical (unpaired) electrons. The van der Waals surface area contributed by atoms with Crippen molar-refractivity contribution in [3.63, 3.8) is 0 Å². The van der Waals surface area contributed by atoms with Crippen LogP contribution in [0, 0.1) is 6.92 Å². The summed E-state index contributed by atoms with van der Waals surface area (Å²) >= 11 is 1.68. The molecule has 1 aromatic rings. The summed E-state index contributed by atoms with van der Waals surface area (Å²) in [5.41, 5.74) is 1.08. The molecule has 1 fully saturated rings. The van der Waals surface area contributed by atoms with Crippen LogP contribution in [0.4, 0.5) is 0 Å². The second kappa shape index (κ2) is 5.60. The van der Waals surface area contributed by atoms with Crippen molar-refractivity contribution in [1.29, 1.82) is 0 Å². The lowest BCUT2D eigenvalue weighted by molar-refractivity contribution is -0.127. The molecule has 0 aromatic carbocycles. The maximum absolute atomic E-state index is 11.5. The van der Waals surface area contributed by atoms with Crippen LogP contribution in [0.25, 0.3) is 0 Å². The summed E-state index contributed by atoms with van der Waals surface area (Å²) in [6, 6.07) is 0.321.